The lowest BCUT2D eigenvalue weighted by molar-refractivity contribution is -0.155. The molecule has 0 aliphatic carbocycles. The van der Waals surface area contributed by atoms with Gasteiger partial charge in [0.1, 0.15) is 10.8 Å². The molecule has 7 heteroatoms. The molecule has 30 heavy (non-hydrogen) atoms. The summed E-state index contributed by atoms with van der Waals surface area (Å²) in [6, 6.07) is 13.8. The molecule has 1 aromatic heterocycles. The Hall–Kier alpha value is -2.63. The summed E-state index contributed by atoms with van der Waals surface area (Å²) in [5.41, 5.74) is 0.586. The van der Waals surface area contributed by atoms with Crippen LogP contribution in [-0.4, -0.2) is 22.5 Å². The number of benzene rings is 2. The number of pyridine rings is 1. The average Bonchev–Trinajstić information content (AvgIpc) is 2.69. The van der Waals surface area contributed by atoms with Crippen LogP contribution in [0.1, 0.15) is 49.2 Å². The van der Waals surface area contributed by atoms with Gasteiger partial charge in [0.05, 0.1) is 17.5 Å². The number of nitrogens with one attached hydrogen (secondary N) is 1. The second-order valence-corrected chi connectivity index (χ2v) is 8.65. The van der Waals surface area contributed by atoms with Crippen molar-refractivity contribution in [3.8, 4) is 0 Å². The number of esters is 1. The van der Waals surface area contributed by atoms with Crippen LogP contribution in [0.4, 0.5) is 0 Å². The number of carbonyl (C=O) groups is 2. The summed E-state index contributed by atoms with van der Waals surface area (Å²) in [4.78, 5) is 29.4. The highest BCUT2D eigenvalue weighted by molar-refractivity contribution is 6.39. The highest BCUT2D eigenvalue weighted by Crippen LogP contribution is 2.29. The van der Waals surface area contributed by atoms with E-state index in [1.54, 1.807) is 39.0 Å². The molecule has 0 bridgehead atoms. The van der Waals surface area contributed by atoms with E-state index in [1.165, 1.54) is 6.20 Å². The summed E-state index contributed by atoms with van der Waals surface area (Å²) < 4.78 is 5.43. The second-order valence-electron chi connectivity index (χ2n) is 7.88. The molecular weight excluding hydrogens is 423 g/mol. The first-order valence-electron chi connectivity index (χ1n) is 9.45. The van der Waals surface area contributed by atoms with Crippen LogP contribution in [0.15, 0.2) is 54.7 Å². The number of ether oxygens (including phenoxy) is 1. The fraction of sp³-hybridized carbons (Fsp3) is 0.261. The fourth-order valence-corrected chi connectivity index (χ4v) is 3.46. The Labute approximate surface area is 185 Å². The molecule has 1 amide bonds. The Balaban J connectivity index is 1.87. The molecule has 0 saturated carbocycles. The van der Waals surface area contributed by atoms with Gasteiger partial charge in [-0.25, -0.2) is 4.98 Å². The van der Waals surface area contributed by atoms with Gasteiger partial charge in [0, 0.05) is 22.5 Å². The number of carbonyl (C=O) groups excluding carboxylic acids is 2. The molecule has 3 rings (SSSR count). The molecule has 1 atom stereocenters. The Morgan fingerprint density at radius 2 is 1.77 bits per heavy atom. The zero-order valence-corrected chi connectivity index (χ0v) is 18.4. The first kappa shape index (κ1) is 22.1. The van der Waals surface area contributed by atoms with Gasteiger partial charge in [0.15, 0.2) is 0 Å². The van der Waals surface area contributed by atoms with E-state index in [-0.39, 0.29) is 17.5 Å². The van der Waals surface area contributed by atoms with Crippen LogP contribution >= 0.6 is 23.2 Å². The third-order valence-electron chi connectivity index (χ3n) is 4.35. The van der Waals surface area contributed by atoms with Gasteiger partial charge in [-0.3, -0.25) is 9.59 Å². The molecule has 0 radical (unpaired) electrons. The van der Waals surface area contributed by atoms with Crippen molar-refractivity contribution in [3.05, 3.63) is 76.0 Å². The monoisotopic (exact) mass is 444 g/mol. The average molecular weight is 445 g/mol. The largest absolute Gasteiger partial charge is 0.460 e. The van der Waals surface area contributed by atoms with E-state index >= 15 is 0 Å². The van der Waals surface area contributed by atoms with Crippen molar-refractivity contribution in [3.63, 3.8) is 0 Å². The Kier molecular flexibility index (Phi) is 6.64. The first-order valence-corrected chi connectivity index (χ1v) is 10.2. The maximum absolute atomic E-state index is 13.0. The standard InChI is InChI=1S/C23H22Cl2N2O3/c1-23(2,3)30-20(28)12-19(14-7-5-4-6-8-14)27-22(29)15-9-10-16-17(11-15)21(25)26-13-18(16)24/h4-11,13,19H,12H2,1-3H3,(H,27,29). The van der Waals surface area contributed by atoms with Gasteiger partial charge in [-0.15, -0.1) is 0 Å². The fourth-order valence-electron chi connectivity index (χ4n) is 3.05. The van der Waals surface area contributed by atoms with Crippen molar-refractivity contribution in [2.45, 2.75) is 38.8 Å². The van der Waals surface area contributed by atoms with Crippen LogP contribution in [0.3, 0.4) is 0 Å². The van der Waals surface area contributed by atoms with Gasteiger partial charge in [0.2, 0.25) is 0 Å². The van der Waals surface area contributed by atoms with Crippen LogP contribution in [-0.2, 0) is 9.53 Å². The zero-order valence-electron chi connectivity index (χ0n) is 16.9. The van der Waals surface area contributed by atoms with E-state index in [9.17, 15) is 9.59 Å². The maximum atomic E-state index is 13.0. The number of aromatic nitrogens is 1. The minimum atomic E-state index is -0.607. The third-order valence-corrected chi connectivity index (χ3v) is 4.95. The number of fused-ring (bicyclic) bond motifs is 1. The van der Waals surface area contributed by atoms with Gasteiger partial charge >= 0.3 is 5.97 Å². The Morgan fingerprint density at radius 1 is 1.07 bits per heavy atom. The molecule has 1 heterocycles. The van der Waals surface area contributed by atoms with Crippen molar-refractivity contribution < 1.29 is 14.3 Å². The summed E-state index contributed by atoms with van der Waals surface area (Å²) in [6.07, 6.45) is 1.48. The molecule has 156 valence electrons. The molecule has 0 saturated heterocycles. The van der Waals surface area contributed by atoms with Crippen LogP contribution in [0.25, 0.3) is 10.8 Å². The van der Waals surface area contributed by atoms with Gasteiger partial charge in [-0.05, 0) is 38.5 Å². The Bertz CT molecular complexity index is 1080. The molecule has 0 fully saturated rings. The maximum Gasteiger partial charge on any atom is 0.308 e. The molecular formula is C23H22Cl2N2O3. The highest BCUT2D eigenvalue weighted by atomic mass is 35.5. The number of halogens is 2. The van der Waals surface area contributed by atoms with E-state index in [1.807, 2.05) is 30.3 Å². The number of rotatable bonds is 5. The summed E-state index contributed by atoms with van der Waals surface area (Å²) in [7, 11) is 0. The predicted molar refractivity (Wildman–Crippen MR) is 119 cm³/mol. The lowest BCUT2D eigenvalue weighted by Gasteiger charge is -2.23. The molecule has 0 aliphatic heterocycles. The molecule has 0 spiro atoms. The first-order chi connectivity index (χ1) is 14.1. The summed E-state index contributed by atoms with van der Waals surface area (Å²) >= 11 is 12.3. The van der Waals surface area contributed by atoms with Crippen LogP contribution in [0, 0.1) is 0 Å². The quantitative estimate of drug-likeness (QED) is 0.402. The Morgan fingerprint density at radius 3 is 2.43 bits per heavy atom. The van der Waals surface area contributed by atoms with E-state index in [0.717, 1.165) is 5.56 Å². The van der Waals surface area contributed by atoms with E-state index < -0.39 is 17.6 Å². The van der Waals surface area contributed by atoms with Gasteiger partial charge in [-0.1, -0.05) is 59.6 Å². The number of hydrogen-bond donors (Lipinski definition) is 1. The molecule has 1 unspecified atom stereocenters. The van der Waals surface area contributed by atoms with Crippen molar-refractivity contribution in [1.82, 2.24) is 10.3 Å². The lowest BCUT2D eigenvalue weighted by Crippen LogP contribution is -2.32. The number of amides is 1. The lowest BCUT2D eigenvalue weighted by atomic mass is 10.0. The van der Waals surface area contributed by atoms with E-state index in [2.05, 4.69) is 10.3 Å². The second kappa shape index (κ2) is 9.02. The SMILES string of the molecule is CC(C)(C)OC(=O)CC(NC(=O)c1ccc2c(Cl)cnc(Cl)c2c1)c1ccccc1. The third kappa shape index (κ3) is 5.49. The van der Waals surface area contributed by atoms with Crippen molar-refractivity contribution in [1.29, 1.82) is 0 Å². The zero-order chi connectivity index (χ0) is 21.9. The smallest absolute Gasteiger partial charge is 0.308 e. The molecule has 3 aromatic rings. The van der Waals surface area contributed by atoms with Crippen LogP contribution in [0.2, 0.25) is 10.2 Å². The van der Waals surface area contributed by atoms with Gasteiger partial charge in [-0.2, -0.15) is 0 Å². The van der Waals surface area contributed by atoms with Crippen molar-refractivity contribution in [2.24, 2.45) is 0 Å². The number of hydrogen-bond acceptors (Lipinski definition) is 4. The summed E-state index contributed by atoms with van der Waals surface area (Å²) in [6.45, 7) is 5.41. The van der Waals surface area contributed by atoms with Gasteiger partial charge < -0.3 is 10.1 Å². The highest BCUT2D eigenvalue weighted by Gasteiger charge is 2.23. The molecule has 2 aromatic carbocycles. The topological polar surface area (TPSA) is 68.3 Å². The van der Waals surface area contributed by atoms with Crippen LogP contribution < -0.4 is 5.32 Å². The summed E-state index contributed by atoms with van der Waals surface area (Å²) in [5, 5.41) is 4.94. The molecule has 0 aliphatic rings. The van der Waals surface area contributed by atoms with Gasteiger partial charge in [0.25, 0.3) is 5.91 Å². The minimum Gasteiger partial charge on any atom is -0.460 e. The normalized spacial score (nSPS) is 12.4. The minimum absolute atomic E-state index is 0.00868. The molecule has 1 N–H and O–H groups in total. The predicted octanol–water partition coefficient (Wildman–Crippen LogP) is 5.74. The van der Waals surface area contributed by atoms with Crippen molar-refractivity contribution in [2.75, 3.05) is 0 Å². The van der Waals surface area contributed by atoms with E-state index in [0.29, 0.717) is 21.4 Å². The molecule has 5 nitrogen and oxygen atoms in total. The number of nitrogens with zero attached hydrogens (tertiary/aromatic N) is 1. The summed E-state index contributed by atoms with van der Waals surface area (Å²) in [5.74, 6) is -0.737. The van der Waals surface area contributed by atoms with Crippen molar-refractivity contribution >= 4 is 45.9 Å². The van der Waals surface area contributed by atoms with Crippen LogP contribution in [0.5, 0.6) is 0 Å². The van der Waals surface area contributed by atoms with E-state index in [4.69, 9.17) is 27.9 Å².